The molecule has 0 atom stereocenters. The van der Waals surface area contributed by atoms with Crippen LogP contribution in [0.5, 0.6) is 5.75 Å². The van der Waals surface area contributed by atoms with Crippen molar-refractivity contribution in [2.24, 2.45) is 0 Å². The number of benzene rings is 1. The molecule has 100 valence electrons. The molecule has 18 heavy (non-hydrogen) atoms. The van der Waals surface area contributed by atoms with E-state index in [1.54, 1.807) is 6.07 Å². The molecule has 0 unspecified atom stereocenters. The normalized spacial score (nSPS) is 10.3. The molecular weight excluding hydrogens is 229 g/mol. The minimum Gasteiger partial charge on any atom is -0.493 e. The Morgan fingerprint density at radius 1 is 1.39 bits per heavy atom. The van der Waals surface area contributed by atoms with Gasteiger partial charge in [0.15, 0.2) is 0 Å². The summed E-state index contributed by atoms with van der Waals surface area (Å²) in [5, 5.41) is 3.25. The molecular formula is C15H22FNO. The van der Waals surface area contributed by atoms with Crippen molar-refractivity contribution in [3.63, 3.8) is 0 Å². The number of unbranched alkanes of at least 4 members (excludes halogenated alkanes) is 1. The second kappa shape index (κ2) is 8.70. The zero-order valence-electron chi connectivity index (χ0n) is 11.0. The average Bonchev–Trinajstić information content (AvgIpc) is 2.34. The molecule has 0 heterocycles. The van der Waals surface area contributed by atoms with E-state index < -0.39 is 0 Å². The van der Waals surface area contributed by atoms with Gasteiger partial charge in [0.2, 0.25) is 0 Å². The van der Waals surface area contributed by atoms with Crippen LogP contribution in [-0.4, -0.2) is 13.2 Å². The Morgan fingerprint density at radius 3 is 2.94 bits per heavy atom. The van der Waals surface area contributed by atoms with Gasteiger partial charge in [-0.05, 0) is 43.5 Å². The summed E-state index contributed by atoms with van der Waals surface area (Å²) in [7, 11) is 0. The molecule has 0 amide bonds. The molecule has 0 aliphatic heterocycles. The topological polar surface area (TPSA) is 21.3 Å². The fourth-order valence-corrected chi connectivity index (χ4v) is 1.63. The van der Waals surface area contributed by atoms with Crippen LogP contribution in [0.1, 0.15) is 31.7 Å². The number of allylic oxidation sites excluding steroid dienone is 1. The van der Waals surface area contributed by atoms with Gasteiger partial charge in [0.25, 0.3) is 0 Å². The van der Waals surface area contributed by atoms with Gasteiger partial charge < -0.3 is 10.1 Å². The van der Waals surface area contributed by atoms with Crippen LogP contribution in [-0.2, 0) is 6.54 Å². The van der Waals surface area contributed by atoms with Crippen molar-refractivity contribution in [2.45, 2.75) is 32.7 Å². The average molecular weight is 251 g/mol. The monoisotopic (exact) mass is 251 g/mol. The molecule has 1 aromatic carbocycles. The molecule has 0 aliphatic carbocycles. The van der Waals surface area contributed by atoms with Gasteiger partial charge in [0.05, 0.1) is 6.61 Å². The zero-order chi connectivity index (χ0) is 13.2. The van der Waals surface area contributed by atoms with Crippen molar-refractivity contribution in [1.29, 1.82) is 0 Å². The van der Waals surface area contributed by atoms with Crippen LogP contribution in [0.2, 0.25) is 0 Å². The quantitative estimate of drug-likeness (QED) is 0.534. The molecule has 0 aromatic heterocycles. The number of rotatable bonds is 9. The summed E-state index contributed by atoms with van der Waals surface area (Å²) in [4.78, 5) is 0. The van der Waals surface area contributed by atoms with Crippen molar-refractivity contribution in [3.8, 4) is 5.75 Å². The molecule has 0 bridgehead atoms. The lowest BCUT2D eigenvalue weighted by Crippen LogP contribution is -2.14. The predicted molar refractivity (Wildman–Crippen MR) is 73.3 cm³/mol. The molecule has 2 nitrogen and oxygen atoms in total. The van der Waals surface area contributed by atoms with E-state index in [2.05, 4.69) is 18.8 Å². The lowest BCUT2D eigenvalue weighted by Gasteiger charge is -2.09. The van der Waals surface area contributed by atoms with Gasteiger partial charge in [-0.15, -0.1) is 6.58 Å². The van der Waals surface area contributed by atoms with Crippen molar-refractivity contribution < 1.29 is 9.13 Å². The van der Waals surface area contributed by atoms with Gasteiger partial charge in [-0.1, -0.05) is 13.0 Å². The van der Waals surface area contributed by atoms with Crippen LogP contribution >= 0.6 is 0 Å². The number of ether oxygens (including phenoxy) is 1. The highest BCUT2D eigenvalue weighted by Gasteiger charge is 2.01. The first kappa shape index (κ1) is 14.7. The van der Waals surface area contributed by atoms with Crippen LogP contribution in [0.25, 0.3) is 0 Å². The first-order chi connectivity index (χ1) is 8.76. The van der Waals surface area contributed by atoms with E-state index in [-0.39, 0.29) is 5.82 Å². The highest BCUT2D eigenvalue weighted by atomic mass is 19.1. The third-order valence-electron chi connectivity index (χ3n) is 2.51. The summed E-state index contributed by atoms with van der Waals surface area (Å²) in [5.74, 6) is 0.358. The SMILES string of the molecule is C=CCCCOc1cc(F)cc(CNCCC)c1. The minimum atomic E-state index is -0.246. The first-order valence-corrected chi connectivity index (χ1v) is 6.50. The maximum Gasteiger partial charge on any atom is 0.127 e. The van der Waals surface area contributed by atoms with Crippen molar-refractivity contribution >= 4 is 0 Å². The molecule has 1 N–H and O–H groups in total. The van der Waals surface area contributed by atoms with Gasteiger partial charge in [0, 0.05) is 12.6 Å². The molecule has 1 rings (SSSR count). The summed E-state index contributed by atoms with van der Waals surface area (Å²) in [6.45, 7) is 7.96. The Morgan fingerprint density at radius 2 is 2.22 bits per heavy atom. The van der Waals surface area contributed by atoms with Crippen molar-refractivity contribution in [1.82, 2.24) is 5.32 Å². The van der Waals surface area contributed by atoms with E-state index in [1.165, 1.54) is 6.07 Å². The van der Waals surface area contributed by atoms with Crippen LogP contribution < -0.4 is 10.1 Å². The zero-order valence-corrected chi connectivity index (χ0v) is 11.0. The standard InChI is InChI=1S/C15H22FNO/c1-3-5-6-8-18-15-10-13(9-14(16)11-15)12-17-7-4-2/h3,9-11,17H,1,4-8,12H2,2H3. The van der Waals surface area contributed by atoms with Crippen LogP contribution in [0, 0.1) is 5.82 Å². The maximum atomic E-state index is 13.4. The van der Waals surface area contributed by atoms with Gasteiger partial charge in [-0.25, -0.2) is 4.39 Å². The Hall–Kier alpha value is -1.35. The van der Waals surface area contributed by atoms with Crippen molar-refractivity contribution in [2.75, 3.05) is 13.2 Å². The third-order valence-corrected chi connectivity index (χ3v) is 2.51. The number of halogens is 1. The van der Waals surface area contributed by atoms with E-state index in [0.717, 1.165) is 31.4 Å². The maximum absolute atomic E-state index is 13.4. The molecule has 3 heteroatoms. The predicted octanol–water partition coefficient (Wildman–Crippen LogP) is 3.67. The molecule has 0 spiro atoms. The lowest BCUT2D eigenvalue weighted by atomic mass is 10.2. The van der Waals surface area contributed by atoms with Crippen LogP contribution in [0.3, 0.4) is 0 Å². The molecule has 1 aromatic rings. The Labute approximate surface area is 109 Å². The van der Waals surface area contributed by atoms with E-state index in [0.29, 0.717) is 18.9 Å². The fraction of sp³-hybridized carbons (Fsp3) is 0.467. The molecule has 0 fully saturated rings. The molecule has 0 radical (unpaired) electrons. The number of hydrogen-bond donors (Lipinski definition) is 1. The lowest BCUT2D eigenvalue weighted by molar-refractivity contribution is 0.310. The number of nitrogens with one attached hydrogen (secondary N) is 1. The third kappa shape index (κ3) is 5.82. The molecule has 0 saturated carbocycles. The Kier molecular flexibility index (Phi) is 7.11. The first-order valence-electron chi connectivity index (χ1n) is 6.50. The van der Waals surface area contributed by atoms with Crippen LogP contribution in [0.15, 0.2) is 30.9 Å². The highest BCUT2D eigenvalue weighted by Crippen LogP contribution is 2.17. The Balaban J connectivity index is 2.48. The highest BCUT2D eigenvalue weighted by molar-refractivity contribution is 5.29. The summed E-state index contributed by atoms with van der Waals surface area (Å²) < 4.78 is 18.9. The smallest absolute Gasteiger partial charge is 0.127 e. The number of hydrogen-bond acceptors (Lipinski definition) is 2. The Bertz CT molecular complexity index is 366. The molecule has 0 saturated heterocycles. The second-order valence-corrected chi connectivity index (χ2v) is 4.25. The van der Waals surface area contributed by atoms with E-state index in [1.807, 2.05) is 12.1 Å². The van der Waals surface area contributed by atoms with Crippen molar-refractivity contribution in [3.05, 3.63) is 42.2 Å². The van der Waals surface area contributed by atoms with Gasteiger partial charge in [0.1, 0.15) is 11.6 Å². The van der Waals surface area contributed by atoms with Gasteiger partial charge in [-0.2, -0.15) is 0 Å². The summed E-state index contributed by atoms with van der Waals surface area (Å²) >= 11 is 0. The fourth-order valence-electron chi connectivity index (χ4n) is 1.63. The minimum absolute atomic E-state index is 0.246. The summed E-state index contributed by atoms with van der Waals surface area (Å²) in [6, 6.07) is 4.86. The summed E-state index contributed by atoms with van der Waals surface area (Å²) in [5.41, 5.74) is 0.919. The van der Waals surface area contributed by atoms with E-state index in [9.17, 15) is 4.39 Å². The summed E-state index contributed by atoms with van der Waals surface area (Å²) in [6.07, 6.45) is 4.75. The largest absolute Gasteiger partial charge is 0.493 e. The van der Waals surface area contributed by atoms with Gasteiger partial charge in [-0.3, -0.25) is 0 Å². The van der Waals surface area contributed by atoms with Crippen LogP contribution in [0.4, 0.5) is 4.39 Å². The van der Waals surface area contributed by atoms with E-state index >= 15 is 0 Å². The van der Waals surface area contributed by atoms with E-state index in [4.69, 9.17) is 4.74 Å². The second-order valence-electron chi connectivity index (χ2n) is 4.25. The van der Waals surface area contributed by atoms with Gasteiger partial charge >= 0.3 is 0 Å². The molecule has 0 aliphatic rings.